The van der Waals surface area contributed by atoms with Gasteiger partial charge in [0, 0.05) is 50.5 Å². The van der Waals surface area contributed by atoms with Crippen molar-refractivity contribution in [3.63, 3.8) is 0 Å². The first-order valence-corrected chi connectivity index (χ1v) is 13.0. The first-order valence-electron chi connectivity index (χ1n) is 13.0. The molecule has 15 nitrogen and oxygen atoms in total. The van der Waals surface area contributed by atoms with Crippen LogP contribution in [0.5, 0.6) is 0 Å². The minimum atomic E-state index is -1.07. The zero-order chi connectivity index (χ0) is 29.6. The van der Waals surface area contributed by atoms with Crippen molar-refractivity contribution >= 4 is 35.6 Å². The molecule has 1 aliphatic rings. The number of carbonyl (C=O) groups excluding carboxylic acids is 4. The molecular formula is C25H39N3O12. The number of hydrogen-bond acceptors (Lipinski definition) is 10. The standard InChI is InChI=1S/C25H39N3O12/c29-20(6-9-28-22(31)4-5-23(28)32)26-8-11-38-13-15-40-17-16-39-14-12-37-10-7-21(30)27-19(18-25(35)36)2-1-3-24(33)34/h4-5,19H,1-3,6-18H2,(H,26,29)(H,27,30)(H,33,34)(H,35,36)/t19-/m0/s1. The second-order valence-electron chi connectivity index (χ2n) is 8.61. The molecule has 0 aromatic rings. The van der Waals surface area contributed by atoms with E-state index in [4.69, 9.17) is 29.2 Å². The number of nitrogens with one attached hydrogen (secondary N) is 2. The lowest BCUT2D eigenvalue weighted by atomic mass is 10.1. The summed E-state index contributed by atoms with van der Waals surface area (Å²) in [5, 5.41) is 22.8. The van der Waals surface area contributed by atoms with Gasteiger partial charge in [0.05, 0.1) is 59.3 Å². The zero-order valence-corrected chi connectivity index (χ0v) is 22.5. The lowest BCUT2D eigenvalue weighted by Gasteiger charge is -2.16. The number of nitrogens with zero attached hydrogens (tertiary/aromatic N) is 1. The highest BCUT2D eigenvalue weighted by Crippen LogP contribution is 2.06. The SMILES string of the molecule is O=C(O)CCC[C@@H](CC(=O)O)NC(=O)CCOCCOCCOCCOCCNC(=O)CCN1C(=O)C=CC1=O. The normalized spacial score (nSPS) is 13.4. The number of rotatable bonds is 25. The van der Waals surface area contributed by atoms with E-state index in [1.807, 2.05) is 0 Å². The highest BCUT2D eigenvalue weighted by molar-refractivity contribution is 6.13. The van der Waals surface area contributed by atoms with Gasteiger partial charge in [-0.3, -0.25) is 33.7 Å². The summed E-state index contributed by atoms with van der Waals surface area (Å²) in [5.74, 6) is -3.54. The summed E-state index contributed by atoms with van der Waals surface area (Å²) in [6.07, 6.45) is 2.57. The summed E-state index contributed by atoms with van der Waals surface area (Å²) in [4.78, 5) is 69.0. The number of amides is 4. The Morgan fingerprint density at radius 2 is 1.27 bits per heavy atom. The topological polar surface area (TPSA) is 207 Å². The Bertz CT molecular complexity index is 846. The Morgan fingerprint density at radius 3 is 1.82 bits per heavy atom. The van der Waals surface area contributed by atoms with Crippen LogP contribution in [-0.4, -0.2) is 123 Å². The van der Waals surface area contributed by atoms with E-state index in [0.29, 0.717) is 39.6 Å². The molecule has 0 spiro atoms. The summed E-state index contributed by atoms with van der Waals surface area (Å²) in [6.45, 7) is 2.66. The van der Waals surface area contributed by atoms with E-state index >= 15 is 0 Å². The van der Waals surface area contributed by atoms with E-state index in [9.17, 15) is 28.8 Å². The van der Waals surface area contributed by atoms with Gasteiger partial charge in [-0.05, 0) is 12.8 Å². The molecule has 0 aromatic carbocycles. The molecule has 0 saturated heterocycles. The number of ether oxygens (including phenoxy) is 4. The molecule has 0 aliphatic carbocycles. The monoisotopic (exact) mass is 573 g/mol. The predicted octanol–water partition coefficient (Wildman–Crippen LogP) is -0.911. The summed E-state index contributed by atoms with van der Waals surface area (Å²) < 4.78 is 21.4. The van der Waals surface area contributed by atoms with Crippen molar-refractivity contribution in [2.75, 3.05) is 65.9 Å². The fourth-order valence-corrected chi connectivity index (χ4v) is 3.38. The average Bonchev–Trinajstić information content (AvgIpc) is 3.21. The van der Waals surface area contributed by atoms with Gasteiger partial charge in [0.25, 0.3) is 11.8 Å². The third-order valence-electron chi connectivity index (χ3n) is 5.35. The van der Waals surface area contributed by atoms with Gasteiger partial charge >= 0.3 is 11.9 Å². The van der Waals surface area contributed by atoms with Crippen molar-refractivity contribution in [1.29, 1.82) is 0 Å². The van der Waals surface area contributed by atoms with Crippen LogP contribution < -0.4 is 10.6 Å². The molecule has 4 amide bonds. The van der Waals surface area contributed by atoms with E-state index in [1.165, 1.54) is 12.2 Å². The van der Waals surface area contributed by atoms with Gasteiger partial charge in [0.2, 0.25) is 11.8 Å². The van der Waals surface area contributed by atoms with E-state index in [2.05, 4.69) is 10.6 Å². The molecule has 0 bridgehead atoms. The van der Waals surface area contributed by atoms with Crippen molar-refractivity contribution in [3.8, 4) is 0 Å². The maximum absolute atomic E-state index is 12.0. The number of imide groups is 1. The predicted molar refractivity (Wildman–Crippen MR) is 137 cm³/mol. The third-order valence-corrected chi connectivity index (χ3v) is 5.35. The summed E-state index contributed by atoms with van der Waals surface area (Å²) in [7, 11) is 0. The van der Waals surface area contributed by atoms with Gasteiger partial charge in [0.1, 0.15) is 0 Å². The highest BCUT2D eigenvalue weighted by atomic mass is 16.6. The maximum Gasteiger partial charge on any atom is 0.305 e. The summed E-state index contributed by atoms with van der Waals surface area (Å²) in [5.41, 5.74) is 0. The summed E-state index contributed by atoms with van der Waals surface area (Å²) >= 11 is 0. The Balaban J connectivity index is 1.88. The van der Waals surface area contributed by atoms with Gasteiger partial charge < -0.3 is 39.8 Å². The van der Waals surface area contributed by atoms with Gasteiger partial charge in [-0.15, -0.1) is 0 Å². The Kier molecular flexibility index (Phi) is 18.5. The Morgan fingerprint density at radius 1 is 0.725 bits per heavy atom. The van der Waals surface area contributed by atoms with Gasteiger partial charge in [-0.1, -0.05) is 0 Å². The smallest absolute Gasteiger partial charge is 0.305 e. The number of carbonyl (C=O) groups is 6. The fraction of sp³-hybridized carbons (Fsp3) is 0.680. The minimum absolute atomic E-state index is 0.0231. The van der Waals surface area contributed by atoms with Crippen LogP contribution in [0.15, 0.2) is 12.2 Å². The molecule has 0 unspecified atom stereocenters. The van der Waals surface area contributed by atoms with E-state index in [-0.39, 0.29) is 76.7 Å². The molecule has 226 valence electrons. The first kappa shape index (κ1) is 34.6. The van der Waals surface area contributed by atoms with Crippen LogP contribution in [0.1, 0.15) is 38.5 Å². The van der Waals surface area contributed by atoms with Crippen LogP contribution in [0.4, 0.5) is 0 Å². The molecule has 40 heavy (non-hydrogen) atoms. The second-order valence-corrected chi connectivity index (χ2v) is 8.61. The van der Waals surface area contributed by atoms with Gasteiger partial charge in [-0.25, -0.2) is 0 Å². The second kappa shape index (κ2) is 21.4. The summed E-state index contributed by atoms with van der Waals surface area (Å²) in [6, 6.07) is -0.630. The van der Waals surface area contributed by atoms with Crippen molar-refractivity contribution < 1.29 is 57.9 Å². The van der Waals surface area contributed by atoms with Crippen LogP contribution >= 0.6 is 0 Å². The van der Waals surface area contributed by atoms with Gasteiger partial charge in [0.15, 0.2) is 0 Å². The third kappa shape index (κ3) is 18.0. The largest absolute Gasteiger partial charge is 0.481 e. The van der Waals surface area contributed by atoms with Crippen molar-refractivity contribution in [1.82, 2.24) is 15.5 Å². The lowest BCUT2D eigenvalue weighted by molar-refractivity contribution is -0.139. The molecule has 0 aromatic heterocycles. The van der Waals surface area contributed by atoms with Crippen molar-refractivity contribution in [3.05, 3.63) is 12.2 Å². The highest BCUT2D eigenvalue weighted by Gasteiger charge is 2.23. The fourth-order valence-electron chi connectivity index (χ4n) is 3.38. The molecule has 1 atom stereocenters. The van der Waals surface area contributed by atoms with Crippen molar-refractivity contribution in [2.45, 2.75) is 44.6 Å². The van der Waals surface area contributed by atoms with Crippen LogP contribution in [0.2, 0.25) is 0 Å². The number of carboxylic acid groups (broad SMARTS) is 2. The van der Waals surface area contributed by atoms with E-state index in [0.717, 1.165) is 4.90 Å². The van der Waals surface area contributed by atoms with E-state index < -0.39 is 29.8 Å². The Labute approximate surface area is 232 Å². The number of hydrogen-bond donors (Lipinski definition) is 4. The van der Waals surface area contributed by atoms with Crippen LogP contribution in [0.3, 0.4) is 0 Å². The minimum Gasteiger partial charge on any atom is -0.481 e. The quantitative estimate of drug-likeness (QED) is 0.0773. The molecule has 0 radical (unpaired) electrons. The van der Waals surface area contributed by atoms with Crippen LogP contribution in [0.25, 0.3) is 0 Å². The average molecular weight is 574 g/mol. The molecule has 1 rings (SSSR count). The molecule has 1 heterocycles. The molecule has 4 N–H and O–H groups in total. The van der Waals surface area contributed by atoms with E-state index in [1.54, 1.807) is 0 Å². The Hall–Kier alpha value is -3.40. The van der Waals surface area contributed by atoms with Crippen LogP contribution in [0, 0.1) is 0 Å². The number of aliphatic carboxylic acids is 2. The zero-order valence-electron chi connectivity index (χ0n) is 22.5. The number of carboxylic acids is 2. The van der Waals surface area contributed by atoms with Crippen LogP contribution in [-0.2, 0) is 47.7 Å². The maximum atomic E-state index is 12.0. The van der Waals surface area contributed by atoms with Crippen molar-refractivity contribution in [2.24, 2.45) is 0 Å². The lowest BCUT2D eigenvalue weighted by Crippen LogP contribution is -2.37. The molecule has 0 saturated carbocycles. The molecule has 0 fully saturated rings. The molecule has 1 aliphatic heterocycles. The first-order chi connectivity index (χ1) is 19.2. The van der Waals surface area contributed by atoms with Gasteiger partial charge in [-0.2, -0.15) is 0 Å². The molecule has 15 heteroatoms. The molecular weight excluding hydrogens is 534 g/mol.